The second-order valence-corrected chi connectivity index (χ2v) is 6.46. The van der Waals surface area contributed by atoms with Gasteiger partial charge in [-0.1, -0.05) is 6.58 Å². The van der Waals surface area contributed by atoms with E-state index < -0.39 is 11.9 Å². The van der Waals surface area contributed by atoms with E-state index in [9.17, 15) is 9.59 Å². The number of rotatable bonds is 5. The first kappa shape index (κ1) is 20.4. The molecule has 1 aromatic heterocycles. The van der Waals surface area contributed by atoms with Gasteiger partial charge in [-0.25, -0.2) is 9.59 Å². The van der Waals surface area contributed by atoms with Crippen molar-refractivity contribution in [2.45, 2.75) is 31.3 Å². The molecule has 3 heterocycles. The summed E-state index contributed by atoms with van der Waals surface area (Å²) in [6.07, 6.45) is 10.1. The van der Waals surface area contributed by atoms with E-state index in [-0.39, 0.29) is 0 Å². The molecule has 146 valence electrons. The molecule has 0 aromatic carbocycles. The van der Waals surface area contributed by atoms with Crippen LogP contribution < -0.4 is 9.64 Å². The predicted molar refractivity (Wildman–Crippen MR) is 101 cm³/mol. The Kier molecular flexibility index (Phi) is 7.36. The SMILES string of the molecule is C=COc1cncc(N2CCC3CCC(C2)N3C)c1.O=C(O)/C=C/C(=O)O. The lowest BCUT2D eigenvalue weighted by Gasteiger charge is -2.27. The zero-order valence-corrected chi connectivity index (χ0v) is 15.3. The average molecular weight is 375 g/mol. The lowest BCUT2D eigenvalue weighted by Crippen LogP contribution is -2.36. The molecule has 8 heteroatoms. The molecule has 1 aromatic rings. The highest BCUT2D eigenvalue weighted by molar-refractivity contribution is 5.89. The van der Waals surface area contributed by atoms with E-state index in [0.717, 1.165) is 30.6 Å². The molecule has 0 amide bonds. The summed E-state index contributed by atoms with van der Waals surface area (Å²) >= 11 is 0. The number of hydrogen-bond acceptors (Lipinski definition) is 6. The molecule has 0 saturated carbocycles. The maximum atomic E-state index is 9.55. The molecule has 2 atom stereocenters. The predicted octanol–water partition coefficient (Wildman–Crippen LogP) is 1.99. The van der Waals surface area contributed by atoms with Crippen LogP contribution in [0, 0.1) is 0 Å². The van der Waals surface area contributed by atoms with Crippen molar-refractivity contribution in [3.05, 3.63) is 43.5 Å². The Morgan fingerprint density at radius 1 is 1.19 bits per heavy atom. The first-order valence-corrected chi connectivity index (χ1v) is 8.74. The van der Waals surface area contributed by atoms with Crippen LogP contribution in [0.25, 0.3) is 0 Å². The van der Waals surface area contributed by atoms with Gasteiger partial charge in [-0.3, -0.25) is 9.88 Å². The number of aromatic nitrogens is 1. The highest BCUT2D eigenvalue weighted by Gasteiger charge is 2.34. The number of anilines is 1. The minimum Gasteiger partial charge on any atom is -0.478 e. The minimum atomic E-state index is -1.26. The van der Waals surface area contributed by atoms with Gasteiger partial charge in [0, 0.05) is 43.4 Å². The average Bonchev–Trinajstić information content (AvgIpc) is 2.86. The topological polar surface area (TPSA) is 103 Å². The zero-order valence-electron chi connectivity index (χ0n) is 15.3. The summed E-state index contributed by atoms with van der Waals surface area (Å²) in [5.74, 6) is -1.75. The van der Waals surface area contributed by atoms with Gasteiger partial charge in [-0.2, -0.15) is 0 Å². The Morgan fingerprint density at radius 3 is 2.48 bits per heavy atom. The normalized spacial score (nSPS) is 21.9. The zero-order chi connectivity index (χ0) is 19.8. The van der Waals surface area contributed by atoms with Crippen LogP contribution in [0.5, 0.6) is 5.75 Å². The van der Waals surface area contributed by atoms with Crippen molar-refractivity contribution < 1.29 is 24.5 Å². The maximum absolute atomic E-state index is 9.55. The lowest BCUT2D eigenvalue weighted by molar-refractivity contribution is -0.134. The second kappa shape index (κ2) is 9.72. The summed E-state index contributed by atoms with van der Waals surface area (Å²) in [7, 11) is 2.27. The summed E-state index contributed by atoms with van der Waals surface area (Å²) < 4.78 is 5.32. The molecule has 3 rings (SSSR count). The smallest absolute Gasteiger partial charge is 0.328 e. The van der Waals surface area contributed by atoms with Crippen LogP contribution in [0.3, 0.4) is 0 Å². The van der Waals surface area contributed by atoms with Gasteiger partial charge < -0.3 is 19.8 Å². The lowest BCUT2D eigenvalue weighted by atomic mass is 10.1. The molecule has 2 bridgehead atoms. The summed E-state index contributed by atoms with van der Waals surface area (Å²) in [6, 6.07) is 3.49. The van der Waals surface area contributed by atoms with Gasteiger partial charge in [-0.15, -0.1) is 0 Å². The van der Waals surface area contributed by atoms with Gasteiger partial charge in [0.2, 0.25) is 0 Å². The van der Waals surface area contributed by atoms with Gasteiger partial charge in [0.25, 0.3) is 0 Å². The van der Waals surface area contributed by atoms with Crippen molar-refractivity contribution in [3.8, 4) is 5.75 Å². The number of aliphatic carboxylic acids is 2. The van der Waals surface area contributed by atoms with Gasteiger partial charge in [0.1, 0.15) is 5.75 Å². The van der Waals surface area contributed by atoms with Crippen molar-refractivity contribution in [2.75, 3.05) is 25.0 Å². The van der Waals surface area contributed by atoms with Crippen LogP contribution in [-0.2, 0) is 9.59 Å². The number of pyridine rings is 1. The highest BCUT2D eigenvalue weighted by Crippen LogP contribution is 2.31. The van der Waals surface area contributed by atoms with E-state index in [0.29, 0.717) is 18.2 Å². The Bertz CT molecular complexity index is 690. The molecule has 2 aliphatic heterocycles. The number of fused-ring (bicyclic) bond motifs is 2. The molecule has 27 heavy (non-hydrogen) atoms. The number of hydrogen-bond donors (Lipinski definition) is 2. The molecule has 2 fully saturated rings. The number of carbonyl (C=O) groups is 2. The molecule has 2 saturated heterocycles. The van der Waals surface area contributed by atoms with E-state index in [2.05, 4.69) is 28.4 Å². The summed E-state index contributed by atoms with van der Waals surface area (Å²) in [5, 5.41) is 15.6. The van der Waals surface area contributed by atoms with Gasteiger partial charge in [0.15, 0.2) is 0 Å². The third-order valence-corrected chi connectivity index (χ3v) is 4.80. The van der Waals surface area contributed by atoms with E-state index >= 15 is 0 Å². The number of ether oxygens (including phenoxy) is 1. The van der Waals surface area contributed by atoms with Crippen LogP contribution >= 0.6 is 0 Å². The van der Waals surface area contributed by atoms with Crippen LogP contribution in [0.2, 0.25) is 0 Å². The largest absolute Gasteiger partial charge is 0.478 e. The highest BCUT2D eigenvalue weighted by atomic mass is 16.5. The van der Waals surface area contributed by atoms with Crippen molar-refractivity contribution in [2.24, 2.45) is 0 Å². The number of carboxylic acid groups (broad SMARTS) is 2. The molecular formula is C19H25N3O5. The molecule has 2 N–H and O–H groups in total. The molecule has 0 spiro atoms. The fourth-order valence-electron chi connectivity index (χ4n) is 3.43. The summed E-state index contributed by atoms with van der Waals surface area (Å²) in [6.45, 7) is 5.78. The van der Waals surface area contributed by atoms with Crippen LogP contribution in [0.1, 0.15) is 19.3 Å². The van der Waals surface area contributed by atoms with E-state index in [1.807, 2.05) is 12.3 Å². The Balaban J connectivity index is 0.000000279. The third-order valence-electron chi connectivity index (χ3n) is 4.80. The Hall–Kier alpha value is -2.87. The molecular weight excluding hydrogens is 350 g/mol. The van der Waals surface area contributed by atoms with Crippen molar-refractivity contribution >= 4 is 17.6 Å². The van der Waals surface area contributed by atoms with Crippen molar-refractivity contribution in [1.29, 1.82) is 0 Å². The summed E-state index contributed by atoms with van der Waals surface area (Å²) in [4.78, 5) is 28.4. The fraction of sp³-hybridized carbons (Fsp3) is 0.421. The standard InChI is InChI=1S/C15H21N3O.C4H4O4/c1-3-19-15-8-14(9-16-10-15)18-7-6-12-4-5-13(11-18)17(12)2;5-3(6)1-2-4(7)8/h3,8-10,12-13H,1,4-7,11H2,2H3;1-2H,(H,5,6)(H,7,8)/b;2-1+. The first-order valence-electron chi connectivity index (χ1n) is 8.74. The van der Waals surface area contributed by atoms with E-state index in [4.69, 9.17) is 14.9 Å². The van der Waals surface area contributed by atoms with Crippen LogP contribution in [0.4, 0.5) is 5.69 Å². The number of likely N-dealkylation sites (N-methyl/N-ethyl adjacent to an activating group) is 1. The van der Waals surface area contributed by atoms with Crippen molar-refractivity contribution in [1.82, 2.24) is 9.88 Å². The van der Waals surface area contributed by atoms with Crippen molar-refractivity contribution in [3.63, 3.8) is 0 Å². The monoisotopic (exact) mass is 375 g/mol. The Labute approximate surface area is 158 Å². The van der Waals surface area contributed by atoms with Crippen LogP contribution in [0.15, 0.2) is 43.5 Å². The van der Waals surface area contributed by atoms with Gasteiger partial charge in [0.05, 0.1) is 24.3 Å². The fourth-order valence-corrected chi connectivity index (χ4v) is 3.43. The second-order valence-electron chi connectivity index (χ2n) is 6.46. The summed E-state index contributed by atoms with van der Waals surface area (Å²) in [5.41, 5.74) is 1.15. The molecule has 2 aliphatic rings. The van der Waals surface area contributed by atoms with E-state index in [1.165, 1.54) is 25.5 Å². The molecule has 8 nitrogen and oxygen atoms in total. The van der Waals surface area contributed by atoms with Gasteiger partial charge in [-0.05, 0) is 26.3 Å². The first-order chi connectivity index (χ1) is 12.9. The minimum absolute atomic E-state index is 0.558. The molecule has 2 unspecified atom stereocenters. The quantitative estimate of drug-likeness (QED) is 0.595. The number of carboxylic acids is 2. The maximum Gasteiger partial charge on any atom is 0.328 e. The van der Waals surface area contributed by atoms with E-state index in [1.54, 1.807) is 6.20 Å². The third kappa shape index (κ3) is 6.10. The Morgan fingerprint density at radius 2 is 1.85 bits per heavy atom. The molecule has 0 radical (unpaired) electrons. The van der Waals surface area contributed by atoms with Crippen LogP contribution in [-0.4, -0.2) is 64.3 Å². The molecule has 0 aliphatic carbocycles. The number of nitrogens with zero attached hydrogens (tertiary/aromatic N) is 3. The van der Waals surface area contributed by atoms with Gasteiger partial charge >= 0.3 is 11.9 Å².